The van der Waals surface area contributed by atoms with Gasteiger partial charge in [-0.1, -0.05) is 54.3 Å². The highest BCUT2D eigenvalue weighted by atomic mass is 14.5. The van der Waals surface area contributed by atoms with Gasteiger partial charge in [0.25, 0.3) is 0 Å². The maximum Gasteiger partial charge on any atom is 0.0474 e. The van der Waals surface area contributed by atoms with E-state index in [1.165, 1.54) is 5.56 Å². The third-order valence-electron chi connectivity index (χ3n) is 2.57. The standard InChI is InChI=1S/C16H15N/c17-16-13-7-6-12-15(16)11-5-4-10-14-8-2-1-3-9-14/h1-3,6-9,12-13H,4,10,17H2. The monoisotopic (exact) mass is 221 g/mol. The van der Waals surface area contributed by atoms with Crippen LogP contribution in [-0.2, 0) is 6.42 Å². The average molecular weight is 221 g/mol. The van der Waals surface area contributed by atoms with Gasteiger partial charge in [0.1, 0.15) is 0 Å². The van der Waals surface area contributed by atoms with Crippen LogP contribution in [0.25, 0.3) is 0 Å². The van der Waals surface area contributed by atoms with E-state index >= 15 is 0 Å². The van der Waals surface area contributed by atoms with Crippen LogP contribution in [0, 0.1) is 11.8 Å². The Morgan fingerprint density at radius 2 is 1.59 bits per heavy atom. The van der Waals surface area contributed by atoms with Crippen molar-refractivity contribution in [3.8, 4) is 11.8 Å². The Hall–Kier alpha value is -2.20. The van der Waals surface area contributed by atoms with Crippen LogP contribution in [0.3, 0.4) is 0 Å². The normalized spacial score (nSPS) is 9.41. The predicted octanol–water partition coefficient (Wildman–Crippen LogP) is 3.25. The van der Waals surface area contributed by atoms with Crippen molar-refractivity contribution in [1.29, 1.82) is 0 Å². The molecule has 0 aliphatic heterocycles. The first-order chi connectivity index (χ1) is 8.36. The van der Waals surface area contributed by atoms with Crippen molar-refractivity contribution in [2.75, 3.05) is 5.73 Å². The second-order valence-electron chi connectivity index (χ2n) is 3.87. The molecule has 0 bridgehead atoms. The summed E-state index contributed by atoms with van der Waals surface area (Å²) in [5.41, 5.74) is 8.80. The lowest BCUT2D eigenvalue weighted by Gasteiger charge is -1.96. The molecule has 0 heterocycles. The van der Waals surface area contributed by atoms with Gasteiger partial charge in [0.05, 0.1) is 0 Å². The number of benzene rings is 2. The zero-order valence-electron chi connectivity index (χ0n) is 9.69. The van der Waals surface area contributed by atoms with Crippen molar-refractivity contribution in [1.82, 2.24) is 0 Å². The lowest BCUT2D eigenvalue weighted by atomic mass is 10.1. The third kappa shape index (κ3) is 3.39. The number of aryl methyl sites for hydroxylation is 1. The van der Waals surface area contributed by atoms with Crippen molar-refractivity contribution < 1.29 is 0 Å². The number of anilines is 1. The zero-order chi connectivity index (χ0) is 11.9. The molecule has 0 aliphatic rings. The molecule has 0 unspecified atom stereocenters. The molecule has 0 radical (unpaired) electrons. The Morgan fingerprint density at radius 3 is 2.35 bits per heavy atom. The molecule has 0 amide bonds. The van der Waals surface area contributed by atoms with Gasteiger partial charge in [-0.15, -0.1) is 0 Å². The summed E-state index contributed by atoms with van der Waals surface area (Å²) >= 11 is 0. The van der Waals surface area contributed by atoms with Crippen LogP contribution >= 0.6 is 0 Å². The first-order valence-corrected chi connectivity index (χ1v) is 5.73. The summed E-state index contributed by atoms with van der Waals surface area (Å²) in [6.07, 6.45) is 1.85. The zero-order valence-corrected chi connectivity index (χ0v) is 9.69. The molecule has 0 aliphatic carbocycles. The summed E-state index contributed by atoms with van der Waals surface area (Å²) in [5, 5.41) is 0. The molecular formula is C16H15N. The lowest BCUT2D eigenvalue weighted by Crippen LogP contribution is -1.88. The molecule has 0 fully saturated rings. The minimum absolute atomic E-state index is 0.750. The summed E-state index contributed by atoms with van der Waals surface area (Å²) in [6.45, 7) is 0. The number of nitrogens with two attached hydrogens (primary N) is 1. The molecule has 1 nitrogen and oxygen atoms in total. The number of nitrogen functional groups attached to an aromatic ring is 1. The van der Waals surface area contributed by atoms with Gasteiger partial charge in [0.15, 0.2) is 0 Å². The van der Waals surface area contributed by atoms with E-state index in [0.717, 1.165) is 24.1 Å². The third-order valence-corrected chi connectivity index (χ3v) is 2.57. The van der Waals surface area contributed by atoms with Gasteiger partial charge in [0.2, 0.25) is 0 Å². The van der Waals surface area contributed by atoms with E-state index in [9.17, 15) is 0 Å². The Balaban J connectivity index is 1.94. The van der Waals surface area contributed by atoms with Gasteiger partial charge in [-0.2, -0.15) is 0 Å². The highest BCUT2D eigenvalue weighted by molar-refractivity contribution is 5.55. The Morgan fingerprint density at radius 1 is 0.882 bits per heavy atom. The molecule has 0 aromatic heterocycles. The molecule has 2 rings (SSSR count). The molecule has 17 heavy (non-hydrogen) atoms. The molecule has 1 heteroatoms. The van der Waals surface area contributed by atoms with Gasteiger partial charge in [-0.3, -0.25) is 0 Å². The molecule has 0 saturated heterocycles. The van der Waals surface area contributed by atoms with Gasteiger partial charge >= 0.3 is 0 Å². The van der Waals surface area contributed by atoms with Crippen molar-refractivity contribution in [2.45, 2.75) is 12.8 Å². The topological polar surface area (TPSA) is 26.0 Å². The van der Waals surface area contributed by atoms with Gasteiger partial charge in [0, 0.05) is 17.7 Å². The van der Waals surface area contributed by atoms with Gasteiger partial charge < -0.3 is 5.73 Å². The quantitative estimate of drug-likeness (QED) is 0.611. The predicted molar refractivity (Wildman–Crippen MR) is 72.5 cm³/mol. The van der Waals surface area contributed by atoms with Crippen molar-refractivity contribution in [2.24, 2.45) is 0 Å². The maximum atomic E-state index is 5.81. The Kier molecular flexibility index (Phi) is 3.83. The second kappa shape index (κ2) is 5.77. The second-order valence-corrected chi connectivity index (χ2v) is 3.87. The number of rotatable bonds is 2. The molecule has 84 valence electrons. The van der Waals surface area contributed by atoms with Crippen molar-refractivity contribution in [3.05, 3.63) is 65.7 Å². The Bertz CT molecular complexity index is 532. The molecule has 2 aromatic rings. The first-order valence-electron chi connectivity index (χ1n) is 5.73. The van der Waals surface area contributed by atoms with E-state index in [0.29, 0.717) is 0 Å². The highest BCUT2D eigenvalue weighted by Gasteiger charge is 1.91. The first kappa shape index (κ1) is 11.3. The fourth-order valence-corrected chi connectivity index (χ4v) is 1.62. The smallest absolute Gasteiger partial charge is 0.0474 e. The number of para-hydroxylation sites is 1. The fourth-order valence-electron chi connectivity index (χ4n) is 1.62. The summed E-state index contributed by atoms with van der Waals surface area (Å²) in [5.74, 6) is 6.27. The largest absolute Gasteiger partial charge is 0.398 e. The minimum atomic E-state index is 0.750. The van der Waals surface area contributed by atoms with E-state index in [1.807, 2.05) is 30.3 Å². The van der Waals surface area contributed by atoms with Crippen LogP contribution in [-0.4, -0.2) is 0 Å². The van der Waals surface area contributed by atoms with Gasteiger partial charge in [-0.05, 0) is 24.1 Å². The lowest BCUT2D eigenvalue weighted by molar-refractivity contribution is 1.03. The molecule has 0 spiro atoms. The summed E-state index contributed by atoms with van der Waals surface area (Å²) in [7, 11) is 0. The van der Waals surface area contributed by atoms with Crippen LogP contribution < -0.4 is 5.73 Å². The van der Waals surface area contributed by atoms with Crippen molar-refractivity contribution in [3.63, 3.8) is 0 Å². The summed E-state index contributed by atoms with van der Waals surface area (Å²) < 4.78 is 0. The Labute approximate surface area is 102 Å². The summed E-state index contributed by atoms with van der Waals surface area (Å²) in [4.78, 5) is 0. The van der Waals surface area contributed by atoms with Crippen LogP contribution in [0.4, 0.5) is 5.69 Å². The van der Waals surface area contributed by atoms with E-state index in [-0.39, 0.29) is 0 Å². The van der Waals surface area contributed by atoms with E-state index in [1.54, 1.807) is 0 Å². The van der Waals surface area contributed by atoms with E-state index < -0.39 is 0 Å². The average Bonchev–Trinajstić information content (AvgIpc) is 2.38. The molecule has 2 N–H and O–H groups in total. The van der Waals surface area contributed by atoms with Crippen LogP contribution in [0.2, 0.25) is 0 Å². The molecule has 0 atom stereocenters. The fraction of sp³-hybridized carbons (Fsp3) is 0.125. The molecular weight excluding hydrogens is 206 g/mol. The van der Waals surface area contributed by atoms with Crippen molar-refractivity contribution >= 4 is 5.69 Å². The highest BCUT2D eigenvalue weighted by Crippen LogP contribution is 2.08. The SMILES string of the molecule is Nc1ccccc1C#CCCc1ccccc1. The van der Waals surface area contributed by atoms with Crippen LogP contribution in [0.1, 0.15) is 17.5 Å². The van der Waals surface area contributed by atoms with E-state index in [2.05, 4.69) is 36.1 Å². The maximum absolute atomic E-state index is 5.81. The van der Waals surface area contributed by atoms with Crippen LogP contribution in [0.5, 0.6) is 0 Å². The molecule has 0 saturated carbocycles. The summed E-state index contributed by atoms with van der Waals surface area (Å²) in [6, 6.07) is 18.1. The minimum Gasteiger partial charge on any atom is -0.398 e. The van der Waals surface area contributed by atoms with Crippen LogP contribution in [0.15, 0.2) is 54.6 Å². The molecule has 2 aromatic carbocycles. The van der Waals surface area contributed by atoms with E-state index in [4.69, 9.17) is 5.73 Å². The number of hydrogen-bond donors (Lipinski definition) is 1. The van der Waals surface area contributed by atoms with Gasteiger partial charge in [-0.25, -0.2) is 0 Å². The number of hydrogen-bond acceptors (Lipinski definition) is 1.